The zero-order chi connectivity index (χ0) is 12.3. The standard InChI is InChI=1S/C13H18BrClN2/c1-16-8-11-3-2-6-17(11)9-10-4-5-13(15)12(14)7-10/h4-5,7,11,16H,2-3,6,8-9H2,1H3. The summed E-state index contributed by atoms with van der Waals surface area (Å²) in [7, 11) is 2.02. The van der Waals surface area contributed by atoms with E-state index in [9.17, 15) is 0 Å². The van der Waals surface area contributed by atoms with E-state index in [0.717, 1.165) is 22.6 Å². The number of halogens is 2. The van der Waals surface area contributed by atoms with Gasteiger partial charge in [-0.2, -0.15) is 0 Å². The summed E-state index contributed by atoms with van der Waals surface area (Å²) in [6.45, 7) is 3.30. The fourth-order valence-corrected chi connectivity index (χ4v) is 2.99. The second kappa shape index (κ2) is 6.19. The monoisotopic (exact) mass is 316 g/mol. The Bertz CT molecular complexity index is 384. The molecule has 0 aromatic heterocycles. The quantitative estimate of drug-likeness (QED) is 0.917. The molecule has 1 atom stereocenters. The lowest BCUT2D eigenvalue weighted by molar-refractivity contribution is 0.242. The smallest absolute Gasteiger partial charge is 0.0548 e. The van der Waals surface area contributed by atoms with Crippen LogP contribution in [-0.4, -0.2) is 31.1 Å². The minimum Gasteiger partial charge on any atom is -0.318 e. The zero-order valence-electron chi connectivity index (χ0n) is 10.0. The highest BCUT2D eigenvalue weighted by Gasteiger charge is 2.23. The van der Waals surface area contributed by atoms with Gasteiger partial charge in [-0.3, -0.25) is 4.90 Å². The zero-order valence-corrected chi connectivity index (χ0v) is 12.4. The minimum absolute atomic E-state index is 0.675. The number of rotatable bonds is 4. The third-order valence-corrected chi connectivity index (χ3v) is 4.52. The third-order valence-electron chi connectivity index (χ3n) is 3.31. The third kappa shape index (κ3) is 3.44. The summed E-state index contributed by atoms with van der Waals surface area (Å²) in [6, 6.07) is 6.87. The largest absolute Gasteiger partial charge is 0.318 e. The molecule has 0 amide bonds. The number of benzene rings is 1. The Balaban J connectivity index is 2.02. The van der Waals surface area contributed by atoms with Crippen LogP contribution in [0.5, 0.6) is 0 Å². The lowest BCUT2D eigenvalue weighted by Crippen LogP contribution is -2.36. The number of nitrogens with one attached hydrogen (secondary N) is 1. The molecule has 17 heavy (non-hydrogen) atoms. The van der Waals surface area contributed by atoms with Gasteiger partial charge in [-0.15, -0.1) is 0 Å². The molecule has 1 aromatic carbocycles. The van der Waals surface area contributed by atoms with Crippen LogP contribution in [0.15, 0.2) is 22.7 Å². The van der Waals surface area contributed by atoms with Crippen molar-refractivity contribution in [2.24, 2.45) is 0 Å². The highest BCUT2D eigenvalue weighted by molar-refractivity contribution is 9.10. The van der Waals surface area contributed by atoms with Crippen molar-refractivity contribution in [3.05, 3.63) is 33.3 Å². The number of nitrogens with zero attached hydrogens (tertiary/aromatic N) is 1. The van der Waals surface area contributed by atoms with Crippen LogP contribution in [0.25, 0.3) is 0 Å². The summed E-state index contributed by atoms with van der Waals surface area (Å²) in [5, 5.41) is 4.05. The van der Waals surface area contributed by atoms with Crippen LogP contribution < -0.4 is 5.32 Å². The molecule has 2 rings (SSSR count). The molecule has 1 aromatic rings. The Labute approximate surface area is 116 Å². The molecular formula is C13H18BrClN2. The van der Waals surface area contributed by atoms with Crippen LogP contribution in [0.2, 0.25) is 5.02 Å². The predicted octanol–water partition coefficient (Wildman–Crippen LogP) is 3.29. The van der Waals surface area contributed by atoms with Crippen LogP contribution in [0.4, 0.5) is 0 Å². The molecule has 1 fully saturated rings. The van der Waals surface area contributed by atoms with E-state index in [2.05, 4.69) is 38.3 Å². The fourth-order valence-electron chi connectivity index (χ4n) is 2.44. The van der Waals surface area contributed by atoms with Gasteiger partial charge in [-0.1, -0.05) is 17.7 Å². The summed E-state index contributed by atoms with van der Waals surface area (Å²) in [4.78, 5) is 2.55. The molecule has 0 aliphatic carbocycles. The Morgan fingerprint density at radius 1 is 1.53 bits per heavy atom. The first-order valence-corrected chi connectivity index (χ1v) is 7.20. The second-order valence-corrected chi connectivity index (χ2v) is 5.83. The second-order valence-electron chi connectivity index (χ2n) is 4.57. The van der Waals surface area contributed by atoms with Gasteiger partial charge in [0, 0.05) is 23.6 Å². The van der Waals surface area contributed by atoms with Crippen molar-refractivity contribution >= 4 is 27.5 Å². The summed E-state index contributed by atoms with van der Waals surface area (Å²) in [5.41, 5.74) is 1.32. The summed E-state index contributed by atoms with van der Waals surface area (Å²) >= 11 is 9.48. The van der Waals surface area contributed by atoms with Crippen molar-refractivity contribution < 1.29 is 0 Å². The van der Waals surface area contributed by atoms with E-state index in [1.807, 2.05) is 13.1 Å². The van der Waals surface area contributed by atoms with E-state index in [1.54, 1.807) is 0 Å². The maximum Gasteiger partial charge on any atom is 0.0548 e. The fraction of sp³-hybridized carbons (Fsp3) is 0.538. The van der Waals surface area contributed by atoms with Crippen molar-refractivity contribution in [3.8, 4) is 0 Å². The SMILES string of the molecule is CNCC1CCCN1Cc1ccc(Cl)c(Br)c1. The number of likely N-dealkylation sites (N-methyl/N-ethyl adjacent to an activating group) is 1. The number of likely N-dealkylation sites (tertiary alicyclic amines) is 1. The molecule has 0 spiro atoms. The van der Waals surface area contributed by atoms with Gasteiger partial charge in [0.25, 0.3) is 0 Å². The molecule has 4 heteroatoms. The molecule has 1 aliphatic rings. The maximum absolute atomic E-state index is 6.01. The van der Waals surface area contributed by atoms with E-state index in [0.29, 0.717) is 6.04 Å². The van der Waals surface area contributed by atoms with Crippen molar-refractivity contribution in [1.82, 2.24) is 10.2 Å². The Kier molecular flexibility index (Phi) is 4.86. The molecule has 1 N–H and O–H groups in total. The lowest BCUT2D eigenvalue weighted by atomic mass is 10.2. The highest BCUT2D eigenvalue weighted by atomic mass is 79.9. The molecular weight excluding hydrogens is 300 g/mol. The molecule has 1 saturated heterocycles. The summed E-state index contributed by atoms with van der Waals surface area (Å²) in [5.74, 6) is 0. The van der Waals surface area contributed by atoms with Gasteiger partial charge < -0.3 is 5.32 Å². The van der Waals surface area contributed by atoms with Crippen molar-refractivity contribution in [2.75, 3.05) is 20.1 Å². The molecule has 1 heterocycles. The van der Waals surface area contributed by atoms with E-state index < -0.39 is 0 Å². The highest BCUT2D eigenvalue weighted by Crippen LogP contribution is 2.25. The van der Waals surface area contributed by atoms with Crippen molar-refractivity contribution in [2.45, 2.75) is 25.4 Å². The van der Waals surface area contributed by atoms with Crippen molar-refractivity contribution in [1.29, 1.82) is 0 Å². The van der Waals surface area contributed by atoms with Gasteiger partial charge in [0.05, 0.1) is 5.02 Å². The molecule has 2 nitrogen and oxygen atoms in total. The lowest BCUT2D eigenvalue weighted by Gasteiger charge is -2.24. The van der Waals surface area contributed by atoms with Crippen LogP contribution in [0.1, 0.15) is 18.4 Å². The Morgan fingerprint density at radius 2 is 2.35 bits per heavy atom. The first-order valence-electron chi connectivity index (χ1n) is 6.03. The normalized spacial score (nSPS) is 21.0. The topological polar surface area (TPSA) is 15.3 Å². The summed E-state index contributed by atoms with van der Waals surface area (Å²) < 4.78 is 0.987. The predicted molar refractivity (Wildman–Crippen MR) is 76.5 cm³/mol. The van der Waals surface area contributed by atoms with Crippen LogP contribution in [0.3, 0.4) is 0 Å². The first kappa shape index (κ1) is 13.3. The van der Waals surface area contributed by atoms with Gasteiger partial charge in [0.15, 0.2) is 0 Å². The Morgan fingerprint density at radius 3 is 3.06 bits per heavy atom. The van der Waals surface area contributed by atoms with Crippen LogP contribution in [-0.2, 0) is 6.54 Å². The van der Waals surface area contributed by atoms with E-state index in [4.69, 9.17) is 11.6 Å². The van der Waals surface area contributed by atoms with Gasteiger partial charge in [-0.25, -0.2) is 0 Å². The van der Waals surface area contributed by atoms with Gasteiger partial charge in [0.1, 0.15) is 0 Å². The van der Waals surface area contributed by atoms with Crippen LogP contribution in [0, 0.1) is 0 Å². The molecule has 0 saturated carbocycles. The van der Waals surface area contributed by atoms with Gasteiger partial charge in [0.2, 0.25) is 0 Å². The van der Waals surface area contributed by atoms with Crippen molar-refractivity contribution in [3.63, 3.8) is 0 Å². The van der Waals surface area contributed by atoms with E-state index in [1.165, 1.54) is 24.9 Å². The number of hydrogen-bond acceptors (Lipinski definition) is 2. The molecule has 1 unspecified atom stereocenters. The van der Waals surface area contributed by atoms with E-state index >= 15 is 0 Å². The molecule has 1 aliphatic heterocycles. The minimum atomic E-state index is 0.675. The maximum atomic E-state index is 6.01. The number of hydrogen-bond donors (Lipinski definition) is 1. The van der Waals surface area contributed by atoms with Gasteiger partial charge >= 0.3 is 0 Å². The van der Waals surface area contributed by atoms with Crippen LogP contribution >= 0.6 is 27.5 Å². The summed E-state index contributed by atoms with van der Waals surface area (Å²) in [6.07, 6.45) is 2.61. The van der Waals surface area contributed by atoms with Gasteiger partial charge in [-0.05, 0) is 60.1 Å². The van der Waals surface area contributed by atoms with E-state index in [-0.39, 0.29) is 0 Å². The first-order chi connectivity index (χ1) is 8.20. The average molecular weight is 318 g/mol. The Hall–Kier alpha value is -0.0900. The molecule has 0 bridgehead atoms. The molecule has 94 valence electrons. The average Bonchev–Trinajstić information content (AvgIpc) is 2.72. The molecule has 0 radical (unpaired) electrons.